The Morgan fingerprint density at radius 3 is 1.87 bits per heavy atom. The van der Waals surface area contributed by atoms with Crippen LogP contribution in [0.3, 0.4) is 0 Å². The molecular weight excluding hydrogens is 696 g/mol. The maximum absolute atomic E-state index is 11.8. The van der Waals surface area contributed by atoms with Crippen molar-refractivity contribution in [3.8, 4) is 0 Å². The predicted octanol–water partition coefficient (Wildman–Crippen LogP) is 7.81. The van der Waals surface area contributed by atoms with Crippen LogP contribution in [0, 0.1) is 0 Å². The number of carbonyl (C=O) groups is 2. The SMILES string of the molecule is Clc1nc(NC2CC2)c2occc2n1.Nc1ccc2c(c1)NC(=O)CCC2.O=C1CCCc2ccc(Nc3nc(NC4CC4)c4occc4n3)cc2N1. The second kappa shape index (κ2) is 15.0. The molecule has 10 rings (SSSR count). The van der Waals surface area contributed by atoms with E-state index in [-0.39, 0.29) is 17.1 Å². The van der Waals surface area contributed by atoms with Gasteiger partial charge in [0.25, 0.3) is 0 Å². The van der Waals surface area contributed by atoms with Gasteiger partial charge in [0.1, 0.15) is 11.0 Å². The van der Waals surface area contributed by atoms with Gasteiger partial charge >= 0.3 is 0 Å². The molecule has 0 radical (unpaired) electrons. The highest BCUT2D eigenvalue weighted by Gasteiger charge is 2.25. The summed E-state index contributed by atoms with van der Waals surface area (Å²) in [6.07, 6.45) is 12.7. The number of rotatable bonds is 6. The topological polar surface area (TPSA) is 198 Å². The van der Waals surface area contributed by atoms with Gasteiger partial charge in [-0.2, -0.15) is 9.97 Å². The molecular formula is C38H39ClN10O4. The van der Waals surface area contributed by atoms with Crippen molar-refractivity contribution in [1.29, 1.82) is 0 Å². The number of benzene rings is 2. The molecule has 6 aromatic rings. The Balaban J connectivity index is 0.000000125. The van der Waals surface area contributed by atoms with E-state index in [2.05, 4.69) is 46.5 Å². The van der Waals surface area contributed by atoms with Crippen molar-refractivity contribution in [1.82, 2.24) is 19.9 Å². The van der Waals surface area contributed by atoms with Gasteiger partial charge in [0, 0.05) is 59.8 Å². The van der Waals surface area contributed by atoms with Gasteiger partial charge < -0.3 is 41.2 Å². The van der Waals surface area contributed by atoms with Crippen LogP contribution in [0.1, 0.15) is 62.5 Å². The van der Waals surface area contributed by atoms with Crippen LogP contribution in [0.15, 0.2) is 69.9 Å². The summed E-state index contributed by atoms with van der Waals surface area (Å²) in [5.41, 5.74) is 14.1. The van der Waals surface area contributed by atoms with Gasteiger partial charge in [0.15, 0.2) is 22.8 Å². The number of nitrogens with zero attached hydrogens (tertiary/aromatic N) is 4. The minimum absolute atomic E-state index is 0.0629. The van der Waals surface area contributed by atoms with Crippen LogP contribution in [0.2, 0.25) is 5.28 Å². The van der Waals surface area contributed by atoms with Gasteiger partial charge in [0.05, 0.1) is 12.5 Å². The summed E-state index contributed by atoms with van der Waals surface area (Å²) >= 11 is 5.78. The number of amides is 2. The zero-order chi connectivity index (χ0) is 36.3. The average Bonchev–Trinajstić information content (AvgIpc) is 4.05. The van der Waals surface area contributed by atoms with Crippen LogP contribution >= 0.6 is 11.6 Å². The second-order valence-corrected chi connectivity index (χ2v) is 13.9. The van der Waals surface area contributed by atoms with Crippen molar-refractivity contribution < 1.29 is 18.4 Å². The summed E-state index contributed by atoms with van der Waals surface area (Å²) < 4.78 is 10.8. The first-order valence-corrected chi connectivity index (χ1v) is 18.3. The Labute approximate surface area is 309 Å². The lowest BCUT2D eigenvalue weighted by molar-refractivity contribution is -0.117. The third-order valence-electron chi connectivity index (χ3n) is 9.16. The van der Waals surface area contributed by atoms with Crippen LogP contribution in [-0.4, -0.2) is 43.8 Å². The number of carbonyl (C=O) groups excluding carboxylic acids is 2. The smallest absolute Gasteiger partial charge is 0.229 e. The van der Waals surface area contributed by atoms with Crippen LogP contribution < -0.4 is 32.3 Å². The molecule has 7 N–H and O–H groups in total. The lowest BCUT2D eigenvalue weighted by Crippen LogP contribution is -2.09. The molecule has 0 spiro atoms. The maximum atomic E-state index is 11.8. The highest BCUT2D eigenvalue weighted by molar-refractivity contribution is 6.28. The number of fused-ring (bicyclic) bond motifs is 4. The lowest BCUT2D eigenvalue weighted by atomic mass is 10.1. The highest BCUT2D eigenvalue weighted by Crippen LogP contribution is 2.32. The number of furan rings is 2. The first-order chi connectivity index (χ1) is 25.8. The number of nitrogen functional groups attached to an aromatic ring is 1. The monoisotopic (exact) mass is 734 g/mol. The molecule has 272 valence electrons. The molecule has 14 nitrogen and oxygen atoms in total. The molecule has 2 fully saturated rings. The van der Waals surface area contributed by atoms with Gasteiger partial charge in [-0.15, -0.1) is 0 Å². The van der Waals surface area contributed by atoms with Crippen LogP contribution in [-0.2, 0) is 22.4 Å². The zero-order valence-electron chi connectivity index (χ0n) is 28.9. The number of aryl methyl sites for hydroxylation is 2. The van der Waals surface area contributed by atoms with Crippen molar-refractivity contribution in [2.45, 2.75) is 76.3 Å². The van der Waals surface area contributed by atoms with Gasteiger partial charge in [-0.25, -0.2) is 9.97 Å². The van der Waals surface area contributed by atoms with Gasteiger partial charge in [-0.3, -0.25) is 9.59 Å². The van der Waals surface area contributed by atoms with Crippen molar-refractivity contribution in [3.63, 3.8) is 0 Å². The second-order valence-electron chi connectivity index (χ2n) is 13.6. The molecule has 4 aromatic heterocycles. The molecule has 2 amide bonds. The van der Waals surface area contributed by atoms with E-state index in [9.17, 15) is 9.59 Å². The zero-order valence-corrected chi connectivity index (χ0v) is 29.6. The van der Waals surface area contributed by atoms with E-state index >= 15 is 0 Å². The summed E-state index contributed by atoms with van der Waals surface area (Å²) in [5, 5.41) is 16.0. The third kappa shape index (κ3) is 8.60. The van der Waals surface area contributed by atoms with Crippen molar-refractivity contribution in [2.24, 2.45) is 0 Å². The van der Waals surface area contributed by atoms with Crippen LogP contribution in [0.4, 0.5) is 40.3 Å². The quantitative estimate of drug-likeness (QED) is 0.0718. The normalized spacial score (nSPS) is 16.3. The molecule has 0 atom stereocenters. The van der Waals surface area contributed by atoms with Gasteiger partial charge in [-0.1, -0.05) is 12.1 Å². The Kier molecular flexibility index (Phi) is 9.68. The number of nitrogens with two attached hydrogens (primary N) is 1. The van der Waals surface area contributed by atoms with E-state index in [4.69, 9.17) is 26.2 Å². The van der Waals surface area contributed by atoms with Crippen molar-refractivity contribution >= 4 is 85.9 Å². The molecule has 2 aromatic carbocycles. The predicted molar refractivity (Wildman–Crippen MR) is 206 cm³/mol. The number of anilines is 7. The lowest BCUT2D eigenvalue weighted by Gasteiger charge is -2.12. The molecule has 6 heterocycles. The number of hydrogen-bond acceptors (Lipinski definition) is 12. The van der Waals surface area contributed by atoms with Gasteiger partial charge in [-0.05, 0) is 98.4 Å². The molecule has 15 heteroatoms. The average molecular weight is 735 g/mol. The molecule has 2 saturated carbocycles. The van der Waals surface area contributed by atoms with Gasteiger partial charge in [0.2, 0.25) is 23.0 Å². The van der Waals surface area contributed by atoms with E-state index in [1.54, 1.807) is 18.6 Å². The fourth-order valence-corrected chi connectivity index (χ4v) is 6.32. The van der Waals surface area contributed by atoms with E-state index in [0.29, 0.717) is 59.4 Å². The molecule has 2 aliphatic carbocycles. The number of aromatic nitrogens is 4. The fraction of sp³-hybridized carbons (Fsp3) is 0.316. The van der Waals surface area contributed by atoms with Crippen molar-refractivity contribution in [3.05, 3.63) is 77.5 Å². The van der Waals surface area contributed by atoms with E-state index in [0.717, 1.165) is 72.2 Å². The summed E-state index contributed by atoms with van der Waals surface area (Å²) in [5.74, 6) is 2.07. The number of hydrogen-bond donors (Lipinski definition) is 6. The summed E-state index contributed by atoms with van der Waals surface area (Å²) in [6.45, 7) is 0. The summed E-state index contributed by atoms with van der Waals surface area (Å²) in [4.78, 5) is 40.3. The fourth-order valence-electron chi connectivity index (χ4n) is 6.14. The molecule has 2 aliphatic heterocycles. The third-order valence-corrected chi connectivity index (χ3v) is 9.33. The number of nitrogens with one attached hydrogen (secondary N) is 5. The first-order valence-electron chi connectivity index (χ1n) is 17.9. The minimum atomic E-state index is 0.0629. The Bertz CT molecular complexity index is 2300. The minimum Gasteiger partial charge on any atom is -0.459 e. The van der Waals surface area contributed by atoms with Crippen molar-refractivity contribution in [2.75, 3.05) is 32.3 Å². The Hall–Kier alpha value is -5.89. The maximum Gasteiger partial charge on any atom is 0.229 e. The largest absolute Gasteiger partial charge is 0.459 e. The van der Waals surface area contributed by atoms with Crippen LogP contribution in [0.25, 0.3) is 22.2 Å². The molecule has 53 heavy (non-hydrogen) atoms. The molecule has 0 unspecified atom stereocenters. The first kappa shape index (κ1) is 34.2. The molecule has 4 aliphatic rings. The summed E-state index contributed by atoms with van der Waals surface area (Å²) in [6, 6.07) is 16.2. The summed E-state index contributed by atoms with van der Waals surface area (Å²) in [7, 11) is 0. The molecule has 0 saturated heterocycles. The number of halogens is 1. The van der Waals surface area contributed by atoms with Crippen LogP contribution in [0.5, 0.6) is 0 Å². The Morgan fingerprint density at radius 1 is 0.679 bits per heavy atom. The highest BCUT2D eigenvalue weighted by atomic mass is 35.5. The van der Waals surface area contributed by atoms with E-state index in [1.165, 1.54) is 18.4 Å². The van der Waals surface area contributed by atoms with E-state index < -0.39 is 0 Å². The van der Waals surface area contributed by atoms with E-state index in [1.807, 2.05) is 42.5 Å². The molecule has 0 bridgehead atoms. The standard InChI is InChI=1S/C19H19N5O2.C10H12N2O.C9H8ClN3O/c25-16-3-1-2-11-4-5-13(10-15(11)22-16)21-19-23-14-8-9-26-17(14)18(24-19)20-12-6-7-12;11-8-5-4-7-2-1-3-10(13)12-9(7)6-8;10-9-12-6-3-4-14-7(6)8(13-9)11-5-1-2-5/h4-5,8-10,12H,1-3,6-7H2,(H,22,25)(H2,20,21,23,24);4-6H,1-3,11H2,(H,12,13);3-5H,1-2H2,(H,11,12,13). The Morgan fingerprint density at radius 2 is 1.25 bits per heavy atom.